The molecule has 0 saturated heterocycles. The lowest BCUT2D eigenvalue weighted by molar-refractivity contribution is -0.121. The van der Waals surface area contributed by atoms with E-state index in [0.717, 1.165) is 12.8 Å². The highest BCUT2D eigenvalue weighted by Gasteiger charge is 2.44. The Labute approximate surface area is 118 Å². The van der Waals surface area contributed by atoms with Gasteiger partial charge in [-0.1, -0.05) is 0 Å². The first kappa shape index (κ1) is 14.5. The molecule has 0 aliphatic heterocycles. The third-order valence-electron chi connectivity index (χ3n) is 3.57. The highest BCUT2D eigenvalue weighted by atomic mass is 16.5. The fourth-order valence-corrected chi connectivity index (χ4v) is 2.04. The van der Waals surface area contributed by atoms with Crippen molar-refractivity contribution in [3.63, 3.8) is 0 Å². The predicted molar refractivity (Wildman–Crippen MR) is 76.3 cm³/mol. The maximum Gasteiger partial charge on any atom is 0.338 e. The smallest absolute Gasteiger partial charge is 0.338 e. The first-order valence-electron chi connectivity index (χ1n) is 6.82. The Bertz CT molecular complexity index is 504. The molecule has 1 aliphatic carbocycles. The molecule has 20 heavy (non-hydrogen) atoms. The highest BCUT2D eigenvalue weighted by Crippen LogP contribution is 2.38. The summed E-state index contributed by atoms with van der Waals surface area (Å²) in [5, 5.41) is 2.79. The summed E-state index contributed by atoms with van der Waals surface area (Å²) in [7, 11) is 0. The van der Waals surface area contributed by atoms with Crippen LogP contribution in [0.5, 0.6) is 0 Å². The van der Waals surface area contributed by atoms with Crippen LogP contribution in [0.15, 0.2) is 24.3 Å². The largest absolute Gasteiger partial charge is 0.462 e. The summed E-state index contributed by atoms with van der Waals surface area (Å²) in [6.45, 7) is 3.85. The van der Waals surface area contributed by atoms with Crippen molar-refractivity contribution in [3.05, 3.63) is 29.8 Å². The standard InChI is InChI=1S/C15H20N2O3/c1-3-20-13(18)10-4-8-12(9-5-10)17-14(19)15(2,16)11-6-7-11/h4-5,8-9,11H,3,6-7,16H2,1-2H3,(H,17,19). The van der Waals surface area contributed by atoms with Crippen molar-refractivity contribution in [2.24, 2.45) is 11.7 Å². The van der Waals surface area contributed by atoms with E-state index in [1.165, 1.54) is 0 Å². The Hall–Kier alpha value is -1.88. The lowest BCUT2D eigenvalue weighted by Gasteiger charge is -2.23. The average Bonchev–Trinajstić information content (AvgIpc) is 3.24. The number of nitrogens with one attached hydrogen (secondary N) is 1. The van der Waals surface area contributed by atoms with Crippen molar-refractivity contribution in [2.45, 2.75) is 32.2 Å². The molecule has 1 unspecified atom stereocenters. The van der Waals surface area contributed by atoms with Crippen LogP contribution in [0.1, 0.15) is 37.0 Å². The molecule has 108 valence electrons. The van der Waals surface area contributed by atoms with E-state index < -0.39 is 5.54 Å². The van der Waals surface area contributed by atoms with Gasteiger partial charge in [0.25, 0.3) is 0 Å². The SMILES string of the molecule is CCOC(=O)c1ccc(NC(=O)C(C)(N)C2CC2)cc1. The molecule has 0 spiro atoms. The van der Waals surface area contributed by atoms with Gasteiger partial charge in [0.05, 0.1) is 17.7 Å². The van der Waals surface area contributed by atoms with Crippen molar-refractivity contribution in [3.8, 4) is 0 Å². The minimum atomic E-state index is -0.834. The van der Waals surface area contributed by atoms with Gasteiger partial charge in [-0.3, -0.25) is 4.79 Å². The van der Waals surface area contributed by atoms with Crippen molar-refractivity contribution in [1.29, 1.82) is 0 Å². The van der Waals surface area contributed by atoms with Crippen molar-refractivity contribution in [2.75, 3.05) is 11.9 Å². The van der Waals surface area contributed by atoms with Gasteiger partial charge in [0.1, 0.15) is 0 Å². The number of anilines is 1. The fourth-order valence-electron chi connectivity index (χ4n) is 2.04. The van der Waals surface area contributed by atoms with Gasteiger partial charge in [-0.15, -0.1) is 0 Å². The first-order valence-corrected chi connectivity index (χ1v) is 6.82. The third kappa shape index (κ3) is 3.17. The number of benzene rings is 1. The number of rotatable bonds is 5. The third-order valence-corrected chi connectivity index (χ3v) is 3.57. The van der Waals surface area contributed by atoms with E-state index in [-0.39, 0.29) is 17.8 Å². The zero-order valence-electron chi connectivity index (χ0n) is 11.8. The number of hydrogen-bond acceptors (Lipinski definition) is 4. The highest BCUT2D eigenvalue weighted by molar-refractivity contribution is 5.98. The van der Waals surface area contributed by atoms with E-state index in [0.29, 0.717) is 17.9 Å². The molecular formula is C15H20N2O3. The molecule has 1 fully saturated rings. The van der Waals surface area contributed by atoms with Crippen LogP contribution in [0.4, 0.5) is 5.69 Å². The monoisotopic (exact) mass is 276 g/mol. The number of carbonyl (C=O) groups is 2. The van der Waals surface area contributed by atoms with Gasteiger partial charge in [0.2, 0.25) is 5.91 Å². The summed E-state index contributed by atoms with van der Waals surface area (Å²) in [6, 6.07) is 6.59. The quantitative estimate of drug-likeness (QED) is 0.805. The Balaban J connectivity index is 2.00. The maximum atomic E-state index is 12.1. The molecule has 2 rings (SSSR count). The van der Waals surface area contributed by atoms with Crippen molar-refractivity contribution in [1.82, 2.24) is 0 Å². The van der Waals surface area contributed by atoms with E-state index in [2.05, 4.69) is 5.32 Å². The molecule has 1 atom stereocenters. The Morgan fingerprint density at radius 3 is 2.45 bits per heavy atom. The maximum absolute atomic E-state index is 12.1. The summed E-state index contributed by atoms with van der Waals surface area (Å²) >= 11 is 0. The second-order valence-corrected chi connectivity index (χ2v) is 5.31. The van der Waals surface area contributed by atoms with E-state index in [1.807, 2.05) is 0 Å². The van der Waals surface area contributed by atoms with Crippen LogP contribution in [0.3, 0.4) is 0 Å². The molecule has 0 heterocycles. The topological polar surface area (TPSA) is 81.4 Å². The van der Waals surface area contributed by atoms with Crippen LogP contribution < -0.4 is 11.1 Å². The predicted octanol–water partition coefficient (Wildman–Crippen LogP) is 1.93. The molecule has 0 radical (unpaired) electrons. The van der Waals surface area contributed by atoms with Gasteiger partial charge in [0.15, 0.2) is 0 Å². The van der Waals surface area contributed by atoms with Crippen LogP contribution in [0.25, 0.3) is 0 Å². The van der Waals surface area contributed by atoms with Gasteiger partial charge >= 0.3 is 5.97 Å². The lowest BCUT2D eigenvalue weighted by atomic mass is 9.96. The Morgan fingerprint density at radius 1 is 1.35 bits per heavy atom. The zero-order valence-corrected chi connectivity index (χ0v) is 11.8. The summed E-state index contributed by atoms with van der Waals surface area (Å²) < 4.78 is 4.90. The molecule has 5 nitrogen and oxygen atoms in total. The van der Waals surface area contributed by atoms with Crippen molar-refractivity contribution >= 4 is 17.6 Å². The molecular weight excluding hydrogens is 256 g/mol. The van der Waals surface area contributed by atoms with E-state index >= 15 is 0 Å². The number of hydrogen-bond donors (Lipinski definition) is 2. The van der Waals surface area contributed by atoms with E-state index in [9.17, 15) is 9.59 Å². The summed E-state index contributed by atoms with van der Waals surface area (Å²) in [6.07, 6.45) is 2.00. The molecule has 1 saturated carbocycles. The molecule has 3 N–H and O–H groups in total. The van der Waals surface area contributed by atoms with Crippen LogP contribution in [0.2, 0.25) is 0 Å². The fraction of sp³-hybridized carbons (Fsp3) is 0.467. The van der Waals surface area contributed by atoms with Crippen LogP contribution >= 0.6 is 0 Å². The molecule has 0 aromatic heterocycles. The minimum Gasteiger partial charge on any atom is -0.462 e. The number of amides is 1. The van der Waals surface area contributed by atoms with Gasteiger partial charge < -0.3 is 15.8 Å². The molecule has 0 bridgehead atoms. The number of carbonyl (C=O) groups excluding carboxylic acids is 2. The lowest BCUT2D eigenvalue weighted by Crippen LogP contribution is -2.50. The van der Waals surface area contributed by atoms with Crippen molar-refractivity contribution < 1.29 is 14.3 Å². The van der Waals surface area contributed by atoms with Gasteiger partial charge in [-0.05, 0) is 56.9 Å². The minimum absolute atomic E-state index is 0.191. The molecule has 1 aliphatic rings. The number of esters is 1. The zero-order chi connectivity index (χ0) is 14.8. The molecule has 5 heteroatoms. The van der Waals surface area contributed by atoms with Gasteiger partial charge in [0, 0.05) is 5.69 Å². The molecule has 1 aromatic rings. The summed E-state index contributed by atoms with van der Waals surface area (Å²) in [5.41, 5.74) is 6.30. The van der Waals surface area contributed by atoms with Crippen LogP contribution in [0, 0.1) is 5.92 Å². The average molecular weight is 276 g/mol. The number of ether oxygens (including phenoxy) is 1. The van der Waals surface area contributed by atoms with Gasteiger partial charge in [-0.2, -0.15) is 0 Å². The summed E-state index contributed by atoms with van der Waals surface area (Å²) in [4.78, 5) is 23.6. The van der Waals surface area contributed by atoms with Crippen LogP contribution in [-0.2, 0) is 9.53 Å². The number of nitrogens with two attached hydrogens (primary N) is 1. The van der Waals surface area contributed by atoms with Crippen LogP contribution in [-0.4, -0.2) is 24.0 Å². The first-order chi connectivity index (χ1) is 9.45. The molecule has 1 aromatic carbocycles. The second-order valence-electron chi connectivity index (χ2n) is 5.31. The normalized spacial score (nSPS) is 17.1. The summed E-state index contributed by atoms with van der Waals surface area (Å²) in [5.74, 6) is -0.294. The second kappa shape index (κ2) is 5.63. The van der Waals surface area contributed by atoms with E-state index in [1.54, 1.807) is 38.1 Å². The van der Waals surface area contributed by atoms with E-state index in [4.69, 9.17) is 10.5 Å². The Kier molecular flexibility index (Phi) is 4.09. The van der Waals surface area contributed by atoms with Gasteiger partial charge in [-0.25, -0.2) is 4.79 Å². The molecule has 1 amide bonds. The Morgan fingerprint density at radius 2 is 1.95 bits per heavy atom.